The largest absolute Gasteiger partial charge is 0.497 e. The second-order valence-corrected chi connectivity index (χ2v) is 6.38. The van der Waals surface area contributed by atoms with E-state index in [4.69, 9.17) is 4.74 Å². The highest BCUT2D eigenvalue weighted by atomic mass is 16.5. The zero-order valence-corrected chi connectivity index (χ0v) is 16.5. The van der Waals surface area contributed by atoms with Gasteiger partial charge in [0.15, 0.2) is 0 Å². The van der Waals surface area contributed by atoms with Crippen molar-refractivity contribution in [2.45, 2.75) is 0 Å². The summed E-state index contributed by atoms with van der Waals surface area (Å²) in [7, 11) is 1.58. The van der Waals surface area contributed by atoms with Gasteiger partial charge in [0.1, 0.15) is 11.4 Å². The van der Waals surface area contributed by atoms with Crippen LogP contribution in [0.15, 0.2) is 96.7 Å². The van der Waals surface area contributed by atoms with Crippen LogP contribution >= 0.6 is 0 Å². The fourth-order valence-electron chi connectivity index (χ4n) is 2.66. The Bertz CT molecular complexity index is 1040. The summed E-state index contributed by atoms with van der Waals surface area (Å²) in [5.41, 5.74) is 2.42. The molecule has 0 aliphatic rings. The van der Waals surface area contributed by atoms with Crippen molar-refractivity contribution >= 4 is 29.7 Å². The van der Waals surface area contributed by atoms with Crippen molar-refractivity contribution in [1.82, 2.24) is 5.32 Å². The molecule has 3 rings (SSSR count). The lowest BCUT2D eigenvalue weighted by Gasteiger charge is -2.10. The quantitative estimate of drug-likeness (QED) is 0.576. The molecule has 0 saturated heterocycles. The van der Waals surface area contributed by atoms with E-state index in [0.29, 0.717) is 11.4 Å². The third-order valence-corrected chi connectivity index (χ3v) is 4.19. The van der Waals surface area contributed by atoms with E-state index >= 15 is 0 Å². The number of ether oxygens (including phenoxy) is 1. The highest BCUT2D eigenvalue weighted by Gasteiger charge is 2.12. The number of hydrogen-bond donors (Lipinski definition) is 2. The van der Waals surface area contributed by atoms with E-state index in [1.807, 2.05) is 60.7 Å². The van der Waals surface area contributed by atoms with Crippen LogP contribution in [0.3, 0.4) is 0 Å². The lowest BCUT2D eigenvalue weighted by atomic mass is 10.1. The smallest absolute Gasteiger partial charge is 0.272 e. The maximum absolute atomic E-state index is 12.8. The number of benzene rings is 3. The second-order valence-electron chi connectivity index (χ2n) is 6.38. The summed E-state index contributed by atoms with van der Waals surface area (Å²) in [6.45, 7) is 0. The van der Waals surface area contributed by atoms with E-state index in [0.717, 1.165) is 11.1 Å². The number of nitrogens with one attached hydrogen (secondary N) is 2. The van der Waals surface area contributed by atoms with E-state index < -0.39 is 11.8 Å². The highest BCUT2D eigenvalue weighted by molar-refractivity contribution is 6.10. The number of hydrogen-bond acceptors (Lipinski definition) is 3. The predicted molar refractivity (Wildman–Crippen MR) is 120 cm³/mol. The Balaban J connectivity index is 1.77. The number of amides is 2. The molecule has 30 heavy (non-hydrogen) atoms. The number of methoxy groups -OCH3 is 1. The van der Waals surface area contributed by atoms with Crippen LogP contribution in [0.5, 0.6) is 5.75 Å². The third kappa shape index (κ3) is 6.21. The SMILES string of the molecule is COc1ccc(NC(=O)/C(=C\c2ccccc2)NC(=O)/C=C/c2ccccc2)cc1. The summed E-state index contributed by atoms with van der Waals surface area (Å²) < 4.78 is 5.13. The zero-order valence-electron chi connectivity index (χ0n) is 16.5. The van der Waals surface area contributed by atoms with Crippen molar-refractivity contribution in [1.29, 1.82) is 0 Å². The lowest BCUT2D eigenvalue weighted by Crippen LogP contribution is -2.29. The van der Waals surface area contributed by atoms with Gasteiger partial charge in [-0.25, -0.2) is 0 Å². The van der Waals surface area contributed by atoms with Crippen LogP contribution < -0.4 is 15.4 Å². The first-order chi connectivity index (χ1) is 14.6. The van der Waals surface area contributed by atoms with E-state index in [9.17, 15) is 9.59 Å². The normalized spacial score (nSPS) is 11.2. The van der Waals surface area contributed by atoms with E-state index in [2.05, 4.69) is 10.6 Å². The topological polar surface area (TPSA) is 67.4 Å². The fraction of sp³-hybridized carbons (Fsp3) is 0.0400. The summed E-state index contributed by atoms with van der Waals surface area (Å²) in [6.07, 6.45) is 4.72. The summed E-state index contributed by atoms with van der Waals surface area (Å²) in [5.74, 6) is -0.135. The molecule has 2 N–H and O–H groups in total. The number of carbonyl (C=O) groups is 2. The zero-order chi connectivity index (χ0) is 21.2. The summed E-state index contributed by atoms with van der Waals surface area (Å²) >= 11 is 0. The van der Waals surface area contributed by atoms with Crippen molar-refractivity contribution in [3.05, 3.63) is 108 Å². The Kier molecular flexibility index (Phi) is 7.17. The third-order valence-electron chi connectivity index (χ3n) is 4.19. The molecule has 2 amide bonds. The van der Waals surface area contributed by atoms with Crippen LogP contribution in [0, 0.1) is 0 Å². The number of carbonyl (C=O) groups excluding carboxylic acids is 2. The van der Waals surface area contributed by atoms with Gasteiger partial charge in [-0.2, -0.15) is 0 Å². The maximum atomic E-state index is 12.8. The second kappa shape index (κ2) is 10.4. The van der Waals surface area contributed by atoms with Crippen LogP contribution in [-0.2, 0) is 9.59 Å². The molecule has 0 saturated carbocycles. The number of rotatable bonds is 7. The van der Waals surface area contributed by atoms with Gasteiger partial charge in [-0.15, -0.1) is 0 Å². The molecule has 3 aromatic rings. The van der Waals surface area contributed by atoms with Gasteiger partial charge in [0, 0.05) is 11.8 Å². The molecular formula is C25H22N2O3. The Morgan fingerprint density at radius 3 is 2.00 bits per heavy atom. The van der Waals surface area contributed by atoms with Gasteiger partial charge in [0.05, 0.1) is 7.11 Å². The van der Waals surface area contributed by atoms with Crippen molar-refractivity contribution in [3.63, 3.8) is 0 Å². The molecule has 0 spiro atoms. The predicted octanol–water partition coefficient (Wildman–Crippen LogP) is 4.50. The molecule has 150 valence electrons. The fourth-order valence-corrected chi connectivity index (χ4v) is 2.66. The Labute approximate surface area is 175 Å². The van der Waals surface area contributed by atoms with Crippen molar-refractivity contribution < 1.29 is 14.3 Å². The molecule has 0 radical (unpaired) electrons. The molecule has 5 heteroatoms. The molecule has 5 nitrogen and oxygen atoms in total. The van der Waals surface area contributed by atoms with E-state index in [-0.39, 0.29) is 5.70 Å². The molecular weight excluding hydrogens is 376 g/mol. The molecule has 3 aromatic carbocycles. The summed E-state index contributed by atoms with van der Waals surface area (Å²) in [5, 5.41) is 5.47. The average Bonchev–Trinajstić information content (AvgIpc) is 2.79. The monoisotopic (exact) mass is 398 g/mol. The molecule has 0 unspecified atom stereocenters. The van der Waals surface area contributed by atoms with Crippen LogP contribution in [0.2, 0.25) is 0 Å². The summed E-state index contributed by atoms with van der Waals surface area (Å²) in [4.78, 5) is 25.3. The van der Waals surface area contributed by atoms with Crippen LogP contribution in [0.1, 0.15) is 11.1 Å². The van der Waals surface area contributed by atoms with Crippen LogP contribution in [0.25, 0.3) is 12.2 Å². The standard InChI is InChI=1S/C25H22N2O3/c1-30-22-15-13-21(14-16-22)26-25(29)23(18-20-10-6-3-7-11-20)27-24(28)17-12-19-8-4-2-5-9-19/h2-18H,1H3,(H,26,29)(H,27,28)/b17-12+,23-18+. The van der Waals surface area contributed by atoms with Gasteiger partial charge in [0.25, 0.3) is 5.91 Å². The molecule has 0 aromatic heterocycles. The van der Waals surface area contributed by atoms with Gasteiger partial charge >= 0.3 is 0 Å². The van der Waals surface area contributed by atoms with E-state index in [1.165, 1.54) is 6.08 Å². The van der Waals surface area contributed by atoms with Gasteiger partial charge in [-0.3, -0.25) is 9.59 Å². The highest BCUT2D eigenvalue weighted by Crippen LogP contribution is 2.16. The Morgan fingerprint density at radius 2 is 1.40 bits per heavy atom. The Morgan fingerprint density at radius 1 is 0.800 bits per heavy atom. The van der Waals surface area contributed by atoms with Crippen molar-refractivity contribution in [2.24, 2.45) is 0 Å². The molecule has 0 aliphatic heterocycles. The average molecular weight is 398 g/mol. The first-order valence-corrected chi connectivity index (χ1v) is 9.40. The molecule has 0 bridgehead atoms. The molecule has 0 heterocycles. The van der Waals surface area contributed by atoms with Gasteiger partial charge in [0.2, 0.25) is 5.91 Å². The number of anilines is 1. The van der Waals surface area contributed by atoms with E-state index in [1.54, 1.807) is 43.5 Å². The minimum absolute atomic E-state index is 0.139. The Hall–Kier alpha value is -4.12. The van der Waals surface area contributed by atoms with Gasteiger partial charge in [-0.05, 0) is 47.5 Å². The minimum atomic E-state index is -0.425. The first-order valence-electron chi connectivity index (χ1n) is 9.40. The first kappa shape index (κ1) is 20.6. The van der Waals surface area contributed by atoms with Crippen molar-refractivity contribution in [2.75, 3.05) is 12.4 Å². The van der Waals surface area contributed by atoms with Gasteiger partial charge in [-0.1, -0.05) is 60.7 Å². The molecule has 0 atom stereocenters. The van der Waals surface area contributed by atoms with Crippen molar-refractivity contribution in [3.8, 4) is 5.75 Å². The maximum Gasteiger partial charge on any atom is 0.272 e. The molecule has 0 aliphatic carbocycles. The van der Waals surface area contributed by atoms with Crippen LogP contribution in [0.4, 0.5) is 5.69 Å². The van der Waals surface area contributed by atoms with Gasteiger partial charge < -0.3 is 15.4 Å². The minimum Gasteiger partial charge on any atom is -0.497 e. The van der Waals surface area contributed by atoms with Crippen LogP contribution in [-0.4, -0.2) is 18.9 Å². The summed E-state index contributed by atoms with van der Waals surface area (Å²) in [6, 6.07) is 25.7. The lowest BCUT2D eigenvalue weighted by molar-refractivity contribution is -0.118. The molecule has 0 fully saturated rings.